The number of nitrogens with zero attached hydrogens (tertiary/aromatic N) is 1. The van der Waals surface area contributed by atoms with Crippen LogP contribution in [0.3, 0.4) is 0 Å². The monoisotopic (exact) mass is 266 g/mol. The second kappa shape index (κ2) is 5.28. The summed E-state index contributed by atoms with van der Waals surface area (Å²) in [4.78, 5) is 4.72. The lowest BCUT2D eigenvalue weighted by atomic mass is 9.94. The zero-order chi connectivity index (χ0) is 14.1. The molecule has 0 spiro atoms. The summed E-state index contributed by atoms with van der Waals surface area (Å²) < 4.78 is 0. The molecule has 0 radical (unpaired) electrons. The summed E-state index contributed by atoms with van der Waals surface area (Å²) in [7, 11) is 0. The second-order valence-corrected chi connectivity index (χ2v) is 5.84. The highest BCUT2D eigenvalue weighted by Gasteiger charge is 2.16. The summed E-state index contributed by atoms with van der Waals surface area (Å²) in [6, 6.07) is 8.63. The Balaban J connectivity index is 2.04. The molecule has 0 saturated carbocycles. The Morgan fingerprint density at radius 3 is 2.45 bits per heavy atom. The van der Waals surface area contributed by atoms with E-state index in [1.165, 1.54) is 46.6 Å². The predicted molar refractivity (Wildman–Crippen MR) is 84.8 cm³/mol. The summed E-state index contributed by atoms with van der Waals surface area (Å²) in [6.07, 6.45) is 4.82. The Hall–Kier alpha value is -1.83. The molecule has 1 aliphatic rings. The number of anilines is 2. The molecule has 0 amide bonds. The number of para-hydroxylation sites is 1. The normalized spacial score (nSPS) is 13.9. The van der Waals surface area contributed by atoms with Crippen LogP contribution in [-0.4, -0.2) is 4.98 Å². The van der Waals surface area contributed by atoms with Crippen LogP contribution in [0, 0.1) is 20.8 Å². The zero-order valence-corrected chi connectivity index (χ0v) is 12.6. The van der Waals surface area contributed by atoms with Crippen molar-refractivity contribution >= 4 is 11.4 Å². The first-order chi connectivity index (χ1) is 9.65. The Morgan fingerprint density at radius 1 is 1.00 bits per heavy atom. The van der Waals surface area contributed by atoms with E-state index in [4.69, 9.17) is 4.98 Å². The van der Waals surface area contributed by atoms with Crippen LogP contribution in [0.2, 0.25) is 0 Å². The fourth-order valence-electron chi connectivity index (χ4n) is 3.10. The third-order valence-electron chi connectivity index (χ3n) is 4.17. The number of rotatable bonds is 2. The molecule has 1 aromatic heterocycles. The zero-order valence-electron chi connectivity index (χ0n) is 12.6. The molecule has 20 heavy (non-hydrogen) atoms. The van der Waals surface area contributed by atoms with Gasteiger partial charge in [0.15, 0.2) is 0 Å². The van der Waals surface area contributed by atoms with Crippen LogP contribution >= 0.6 is 0 Å². The molecule has 1 aliphatic carbocycles. The van der Waals surface area contributed by atoms with E-state index >= 15 is 0 Å². The number of hydrogen-bond donors (Lipinski definition) is 1. The number of aryl methyl sites for hydroxylation is 4. The molecular weight excluding hydrogens is 244 g/mol. The summed E-state index contributed by atoms with van der Waals surface area (Å²) >= 11 is 0. The van der Waals surface area contributed by atoms with Gasteiger partial charge in [-0.25, -0.2) is 0 Å². The highest BCUT2D eigenvalue weighted by atomic mass is 14.9. The van der Waals surface area contributed by atoms with Crippen LogP contribution in [0.1, 0.15) is 40.9 Å². The van der Waals surface area contributed by atoms with E-state index in [0.717, 1.165) is 18.5 Å². The van der Waals surface area contributed by atoms with Gasteiger partial charge in [-0.15, -0.1) is 0 Å². The van der Waals surface area contributed by atoms with Gasteiger partial charge in [-0.2, -0.15) is 0 Å². The van der Waals surface area contributed by atoms with E-state index in [9.17, 15) is 0 Å². The van der Waals surface area contributed by atoms with Crippen LogP contribution in [0.25, 0.3) is 0 Å². The van der Waals surface area contributed by atoms with Gasteiger partial charge in [-0.3, -0.25) is 4.98 Å². The molecule has 3 rings (SSSR count). The van der Waals surface area contributed by atoms with E-state index in [2.05, 4.69) is 50.4 Å². The molecule has 104 valence electrons. The van der Waals surface area contributed by atoms with Crippen LogP contribution in [0.5, 0.6) is 0 Å². The predicted octanol–water partition coefficient (Wildman–Crippen LogP) is 4.63. The van der Waals surface area contributed by atoms with E-state index in [1.54, 1.807) is 0 Å². The van der Waals surface area contributed by atoms with Gasteiger partial charge in [0.2, 0.25) is 0 Å². The number of benzene rings is 1. The molecule has 2 aromatic rings. The quantitative estimate of drug-likeness (QED) is 0.857. The van der Waals surface area contributed by atoms with Gasteiger partial charge in [0.25, 0.3) is 0 Å². The van der Waals surface area contributed by atoms with E-state index in [1.807, 2.05) is 0 Å². The van der Waals surface area contributed by atoms with Crippen LogP contribution in [-0.2, 0) is 12.8 Å². The average molecular weight is 266 g/mol. The lowest BCUT2D eigenvalue weighted by Crippen LogP contribution is -2.10. The number of pyridine rings is 1. The molecule has 0 unspecified atom stereocenters. The highest BCUT2D eigenvalue weighted by molar-refractivity contribution is 5.69. The standard InChI is InChI=1S/C18H22N2/c1-12-7-6-8-13(2)18(12)20-17-11-14(3)19-16-10-5-4-9-15(16)17/h6-8,11H,4-5,9-10H2,1-3H3,(H,19,20). The lowest BCUT2D eigenvalue weighted by Gasteiger charge is -2.21. The summed E-state index contributed by atoms with van der Waals surface area (Å²) in [5.41, 5.74) is 8.91. The number of fused-ring (bicyclic) bond motifs is 1. The number of nitrogens with one attached hydrogen (secondary N) is 1. The van der Waals surface area contributed by atoms with Crippen LogP contribution in [0.4, 0.5) is 11.4 Å². The van der Waals surface area contributed by atoms with Crippen molar-refractivity contribution in [3.63, 3.8) is 0 Å². The average Bonchev–Trinajstić information content (AvgIpc) is 2.42. The minimum atomic E-state index is 1.11. The van der Waals surface area contributed by atoms with Gasteiger partial charge in [-0.05, 0) is 69.2 Å². The van der Waals surface area contributed by atoms with Gasteiger partial charge in [0.1, 0.15) is 0 Å². The van der Waals surface area contributed by atoms with Crippen molar-refractivity contribution in [1.29, 1.82) is 0 Å². The first-order valence-corrected chi connectivity index (χ1v) is 7.48. The van der Waals surface area contributed by atoms with Crippen molar-refractivity contribution < 1.29 is 0 Å². The topological polar surface area (TPSA) is 24.9 Å². The first-order valence-electron chi connectivity index (χ1n) is 7.48. The van der Waals surface area contributed by atoms with Gasteiger partial charge in [-0.1, -0.05) is 18.2 Å². The summed E-state index contributed by atoms with van der Waals surface area (Å²) in [6.45, 7) is 6.41. The molecule has 2 heteroatoms. The fraction of sp³-hybridized carbons (Fsp3) is 0.389. The van der Waals surface area contributed by atoms with E-state index in [0.29, 0.717) is 0 Å². The molecule has 2 nitrogen and oxygen atoms in total. The van der Waals surface area contributed by atoms with Gasteiger partial charge in [0.05, 0.1) is 0 Å². The minimum Gasteiger partial charge on any atom is -0.355 e. The first kappa shape index (κ1) is 13.2. The second-order valence-electron chi connectivity index (χ2n) is 5.84. The van der Waals surface area contributed by atoms with E-state index < -0.39 is 0 Å². The molecule has 1 N–H and O–H groups in total. The van der Waals surface area contributed by atoms with Crippen LogP contribution in [0.15, 0.2) is 24.3 Å². The lowest BCUT2D eigenvalue weighted by molar-refractivity contribution is 0.667. The molecule has 1 aromatic carbocycles. The minimum absolute atomic E-state index is 1.11. The molecule has 1 heterocycles. The highest BCUT2D eigenvalue weighted by Crippen LogP contribution is 2.31. The molecule has 0 fully saturated rings. The van der Waals surface area contributed by atoms with Crippen molar-refractivity contribution in [2.75, 3.05) is 5.32 Å². The third-order valence-corrected chi connectivity index (χ3v) is 4.17. The van der Waals surface area contributed by atoms with Gasteiger partial charge >= 0.3 is 0 Å². The Labute approximate surface area is 121 Å². The van der Waals surface area contributed by atoms with Crippen LogP contribution < -0.4 is 5.32 Å². The maximum absolute atomic E-state index is 4.72. The van der Waals surface area contributed by atoms with Gasteiger partial charge in [0, 0.05) is 22.8 Å². The van der Waals surface area contributed by atoms with Crippen molar-refractivity contribution in [2.45, 2.75) is 46.5 Å². The molecular formula is C18H22N2. The van der Waals surface area contributed by atoms with Crippen molar-refractivity contribution in [1.82, 2.24) is 4.98 Å². The SMILES string of the molecule is Cc1cc(Nc2c(C)cccc2C)c2c(n1)CCCC2. The summed E-state index contributed by atoms with van der Waals surface area (Å²) in [5, 5.41) is 3.67. The number of aromatic nitrogens is 1. The Kier molecular flexibility index (Phi) is 3.47. The van der Waals surface area contributed by atoms with Crippen molar-refractivity contribution in [3.05, 3.63) is 52.3 Å². The molecule has 0 saturated heterocycles. The maximum atomic E-state index is 4.72. The fourth-order valence-corrected chi connectivity index (χ4v) is 3.10. The Bertz CT molecular complexity index is 624. The van der Waals surface area contributed by atoms with Crippen molar-refractivity contribution in [2.24, 2.45) is 0 Å². The van der Waals surface area contributed by atoms with E-state index in [-0.39, 0.29) is 0 Å². The van der Waals surface area contributed by atoms with Gasteiger partial charge < -0.3 is 5.32 Å². The number of hydrogen-bond acceptors (Lipinski definition) is 2. The molecule has 0 atom stereocenters. The largest absolute Gasteiger partial charge is 0.355 e. The van der Waals surface area contributed by atoms with Crippen molar-refractivity contribution in [3.8, 4) is 0 Å². The smallest absolute Gasteiger partial charge is 0.0459 e. The third kappa shape index (κ3) is 2.43. The maximum Gasteiger partial charge on any atom is 0.0459 e. The summed E-state index contributed by atoms with van der Waals surface area (Å²) in [5.74, 6) is 0. The molecule has 0 aliphatic heterocycles. The Morgan fingerprint density at radius 2 is 1.70 bits per heavy atom. The molecule has 0 bridgehead atoms.